The number of hydrogen-bond acceptors (Lipinski definition) is 3. The van der Waals surface area contributed by atoms with Gasteiger partial charge in [-0.1, -0.05) is 121 Å². The van der Waals surface area contributed by atoms with Gasteiger partial charge in [-0.25, -0.2) is 0 Å². The van der Waals surface area contributed by atoms with E-state index in [0.29, 0.717) is 0 Å². The van der Waals surface area contributed by atoms with Gasteiger partial charge < -0.3 is 4.90 Å². The molecule has 3 heteroatoms. The summed E-state index contributed by atoms with van der Waals surface area (Å²) in [7, 11) is 0. The Morgan fingerprint density at radius 2 is 0.920 bits per heavy atom. The first-order chi connectivity index (χ1) is 24.8. The van der Waals surface area contributed by atoms with Crippen LogP contribution in [0.3, 0.4) is 0 Å². The summed E-state index contributed by atoms with van der Waals surface area (Å²) < 4.78 is 2.50. The zero-order valence-corrected chi connectivity index (χ0v) is 27.9. The lowest BCUT2D eigenvalue weighted by molar-refractivity contribution is 1.30. The van der Waals surface area contributed by atoms with Gasteiger partial charge in [0.05, 0.1) is 5.69 Å². The minimum absolute atomic E-state index is 1.11. The molecule has 10 rings (SSSR count). The number of nitrogens with zero attached hydrogens (tertiary/aromatic N) is 2. The minimum Gasteiger partial charge on any atom is -0.310 e. The van der Waals surface area contributed by atoms with Crippen molar-refractivity contribution in [2.24, 2.45) is 0 Å². The molecule has 0 amide bonds. The molecule has 234 valence electrons. The minimum atomic E-state index is 1.11. The normalized spacial score (nSPS) is 11.6. The van der Waals surface area contributed by atoms with Crippen molar-refractivity contribution in [3.8, 4) is 22.3 Å². The van der Waals surface area contributed by atoms with Crippen LogP contribution >= 0.6 is 11.3 Å². The molecular weight excluding hydrogens is 625 g/mol. The second-order valence-corrected chi connectivity index (χ2v) is 13.9. The predicted octanol–water partition coefficient (Wildman–Crippen LogP) is 13.7. The molecule has 0 aliphatic heterocycles. The van der Waals surface area contributed by atoms with Crippen molar-refractivity contribution in [3.63, 3.8) is 0 Å². The van der Waals surface area contributed by atoms with Gasteiger partial charge in [-0.05, 0) is 103 Å². The topological polar surface area (TPSA) is 16.1 Å². The summed E-state index contributed by atoms with van der Waals surface area (Å²) in [5.41, 5.74) is 8.17. The van der Waals surface area contributed by atoms with Crippen molar-refractivity contribution in [2.75, 3.05) is 4.90 Å². The quantitative estimate of drug-likeness (QED) is 0.172. The first kappa shape index (κ1) is 28.7. The molecule has 0 atom stereocenters. The standard InChI is InChI=1S/C47H30N2S/c1-2-9-31(10-3-1)32-17-22-35(23-18-32)49(44-15-8-16-46-47(44)43-30-48-28-27-45(43)50-46)36-24-19-33(20-25-36)34-21-26-41-39-13-5-4-11-37(39)38-12-6-7-14-40(38)42(41)29-34/h1-30H. The monoisotopic (exact) mass is 654 g/mol. The maximum Gasteiger partial charge on any atom is 0.0555 e. The van der Waals surface area contributed by atoms with Gasteiger partial charge in [-0.15, -0.1) is 11.3 Å². The van der Waals surface area contributed by atoms with Gasteiger partial charge in [0.2, 0.25) is 0 Å². The van der Waals surface area contributed by atoms with Gasteiger partial charge in [0.25, 0.3) is 0 Å². The lowest BCUT2D eigenvalue weighted by Gasteiger charge is -2.27. The third kappa shape index (κ3) is 4.67. The van der Waals surface area contributed by atoms with E-state index < -0.39 is 0 Å². The first-order valence-electron chi connectivity index (χ1n) is 16.9. The Kier molecular flexibility index (Phi) is 6.71. The molecule has 0 bridgehead atoms. The number of pyridine rings is 1. The van der Waals surface area contributed by atoms with Crippen LogP contribution in [-0.2, 0) is 0 Å². The second-order valence-electron chi connectivity index (χ2n) is 12.8. The second kappa shape index (κ2) is 11.7. The van der Waals surface area contributed by atoms with E-state index in [9.17, 15) is 0 Å². The van der Waals surface area contributed by atoms with Gasteiger partial charge in [0, 0.05) is 43.9 Å². The highest BCUT2D eigenvalue weighted by atomic mass is 32.1. The molecule has 2 heterocycles. The summed E-state index contributed by atoms with van der Waals surface area (Å²) in [4.78, 5) is 6.91. The number of aromatic nitrogens is 1. The van der Waals surface area contributed by atoms with Crippen molar-refractivity contribution < 1.29 is 0 Å². The number of fused-ring (bicyclic) bond motifs is 9. The zero-order valence-electron chi connectivity index (χ0n) is 27.1. The fourth-order valence-corrected chi connectivity index (χ4v) is 8.68. The third-order valence-corrected chi connectivity index (χ3v) is 11.1. The molecule has 0 radical (unpaired) electrons. The van der Waals surface area contributed by atoms with E-state index in [-0.39, 0.29) is 0 Å². The van der Waals surface area contributed by atoms with E-state index in [1.165, 1.54) is 74.7 Å². The molecule has 2 nitrogen and oxygen atoms in total. The van der Waals surface area contributed by atoms with Crippen molar-refractivity contribution >= 4 is 80.9 Å². The molecule has 0 aliphatic rings. The van der Waals surface area contributed by atoms with Crippen LogP contribution < -0.4 is 4.90 Å². The van der Waals surface area contributed by atoms with E-state index in [2.05, 4.69) is 180 Å². The maximum absolute atomic E-state index is 4.52. The van der Waals surface area contributed by atoms with Crippen molar-refractivity contribution in [1.82, 2.24) is 4.98 Å². The average molecular weight is 655 g/mol. The molecule has 0 saturated carbocycles. The Hall–Kier alpha value is -6.29. The summed E-state index contributed by atoms with van der Waals surface area (Å²) in [6.45, 7) is 0. The maximum atomic E-state index is 4.52. The smallest absolute Gasteiger partial charge is 0.0555 e. The summed E-state index contributed by atoms with van der Waals surface area (Å²) in [6.07, 6.45) is 3.89. The van der Waals surface area contributed by atoms with E-state index in [4.69, 9.17) is 0 Å². The highest BCUT2D eigenvalue weighted by Crippen LogP contribution is 2.45. The molecule has 0 N–H and O–H groups in total. The lowest BCUT2D eigenvalue weighted by atomic mass is 9.92. The van der Waals surface area contributed by atoms with E-state index in [1.54, 1.807) is 0 Å². The number of hydrogen-bond donors (Lipinski definition) is 0. The molecule has 0 unspecified atom stereocenters. The lowest BCUT2D eigenvalue weighted by Crippen LogP contribution is -2.10. The molecule has 0 saturated heterocycles. The summed E-state index contributed by atoms with van der Waals surface area (Å²) in [6, 6.07) is 61.7. The molecule has 8 aromatic carbocycles. The molecule has 2 aromatic heterocycles. The Morgan fingerprint density at radius 3 is 1.58 bits per heavy atom. The zero-order chi connectivity index (χ0) is 33.0. The van der Waals surface area contributed by atoms with Crippen LogP contribution in [0, 0.1) is 0 Å². The van der Waals surface area contributed by atoms with Crippen LogP contribution in [0.1, 0.15) is 0 Å². The molecule has 10 aromatic rings. The van der Waals surface area contributed by atoms with Gasteiger partial charge in [0.15, 0.2) is 0 Å². The highest BCUT2D eigenvalue weighted by molar-refractivity contribution is 7.25. The van der Waals surface area contributed by atoms with Crippen LogP contribution in [0.25, 0.3) is 74.7 Å². The highest BCUT2D eigenvalue weighted by Gasteiger charge is 2.19. The van der Waals surface area contributed by atoms with Gasteiger partial charge in [0.1, 0.15) is 0 Å². The fourth-order valence-electron chi connectivity index (χ4n) is 7.59. The van der Waals surface area contributed by atoms with Crippen LogP contribution in [0.5, 0.6) is 0 Å². The van der Waals surface area contributed by atoms with Gasteiger partial charge in [-0.2, -0.15) is 0 Å². The molecule has 50 heavy (non-hydrogen) atoms. The van der Waals surface area contributed by atoms with Gasteiger partial charge in [-0.3, -0.25) is 4.98 Å². The summed E-state index contributed by atoms with van der Waals surface area (Å²) in [5.74, 6) is 0. The number of anilines is 3. The van der Waals surface area contributed by atoms with Gasteiger partial charge >= 0.3 is 0 Å². The fraction of sp³-hybridized carbons (Fsp3) is 0. The number of rotatable bonds is 5. The first-order valence-corrected chi connectivity index (χ1v) is 17.8. The van der Waals surface area contributed by atoms with Crippen molar-refractivity contribution in [3.05, 3.63) is 182 Å². The third-order valence-electron chi connectivity index (χ3n) is 9.95. The summed E-state index contributed by atoms with van der Waals surface area (Å²) in [5, 5.41) is 10.2. The molecular formula is C47H30N2S. The van der Waals surface area contributed by atoms with Crippen LogP contribution in [0.2, 0.25) is 0 Å². The average Bonchev–Trinajstić information content (AvgIpc) is 3.58. The van der Waals surface area contributed by atoms with Crippen LogP contribution in [-0.4, -0.2) is 4.98 Å². The molecule has 0 spiro atoms. The van der Waals surface area contributed by atoms with Crippen LogP contribution in [0.15, 0.2) is 182 Å². The summed E-state index contributed by atoms with van der Waals surface area (Å²) >= 11 is 1.82. The molecule has 0 aliphatic carbocycles. The van der Waals surface area contributed by atoms with Crippen molar-refractivity contribution in [1.29, 1.82) is 0 Å². The Morgan fingerprint density at radius 1 is 0.380 bits per heavy atom. The SMILES string of the molecule is c1ccc(-c2ccc(N(c3ccc(-c4ccc5c6ccccc6c6ccccc6c5c4)cc3)c3cccc4sc5ccncc5c34)cc2)cc1. The molecule has 0 fully saturated rings. The number of benzene rings is 8. The Balaban J connectivity index is 1.12. The van der Waals surface area contributed by atoms with E-state index >= 15 is 0 Å². The Bertz CT molecular complexity index is 2820. The predicted molar refractivity (Wildman–Crippen MR) is 215 cm³/mol. The van der Waals surface area contributed by atoms with Crippen LogP contribution in [0.4, 0.5) is 17.1 Å². The van der Waals surface area contributed by atoms with Crippen molar-refractivity contribution in [2.45, 2.75) is 0 Å². The largest absolute Gasteiger partial charge is 0.310 e. The Labute approximate surface area is 294 Å². The van der Waals surface area contributed by atoms with E-state index in [0.717, 1.165) is 17.1 Å². The van der Waals surface area contributed by atoms with E-state index in [1.807, 2.05) is 23.7 Å². The number of thiophene rings is 1.